The van der Waals surface area contributed by atoms with Gasteiger partial charge < -0.3 is 4.90 Å². The Bertz CT molecular complexity index is 616. The first-order chi connectivity index (χ1) is 9.98. The monoisotopic (exact) mass is 281 g/mol. The second-order valence-corrected chi connectivity index (χ2v) is 5.79. The standard InChI is InChI=1S/C19H23NO/c1-5-20(18(21)17-14-10-9-11-15(17)2)19(3,4)16-12-7-6-8-13-16/h6-14H,5H2,1-4H3. The molecule has 2 rings (SSSR count). The van der Waals surface area contributed by atoms with Crippen LogP contribution in [0.4, 0.5) is 0 Å². The van der Waals surface area contributed by atoms with Crippen molar-refractivity contribution in [1.29, 1.82) is 0 Å². The smallest absolute Gasteiger partial charge is 0.254 e. The number of hydrogen-bond acceptors (Lipinski definition) is 1. The fourth-order valence-corrected chi connectivity index (χ4v) is 2.75. The molecule has 0 unspecified atom stereocenters. The lowest BCUT2D eigenvalue weighted by Gasteiger charge is -2.39. The molecule has 0 saturated carbocycles. The number of rotatable bonds is 4. The van der Waals surface area contributed by atoms with Gasteiger partial charge in [0.1, 0.15) is 0 Å². The van der Waals surface area contributed by atoms with E-state index in [4.69, 9.17) is 0 Å². The molecule has 2 aromatic rings. The van der Waals surface area contributed by atoms with Gasteiger partial charge in [0.05, 0.1) is 5.54 Å². The molecule has 21 heavy (non-hydrogen) atoms. The summed E-state index contributed by atoms with van der Waals surface area (Å²) in [6, 6.07) is 18.0. The summed E-state index contributed by atoms with van der Waals surface area (Å²) in [5.41, 5.74) is 2.61. The van der Waals surface area contributed by atoms with E-state index in [1.165, 1.54) is 0 Å². The van der Waals surface area contributed by atoms with Gasteiger partial charge in [-0.2, -0.15) is 0 Å². The molecule has 0 radical (unpaired) electrons. The number of nitrogens with zero attached hydrogens (tertiary/aromatic N) is 1. The fraction of sp³-hybridized carbons (Fsp3) is 0.316. The van der Waals surface area contributed by atoms with E-state index in [0.717, 1.165) is 16.7 Å². The molecular formula is C19H23NO. The molecule has 0 aliphatic rings. The van der Waals surface area contributed by atoms with Gasteiger partial charge in [0.15, 0.2) is 0 Å². The Morgan fingerprint density at radius 1 is 1.00 bits per heavy atom. The SMILES string of the molecule is CCN(C(=O)c1ccccc1C)C(C)(C)c1ccccc1. The summed E-state index contributed by atoms with van der Waals surface area (Å²) in [6.07, 6.45) is 0. The minimum atomic E-state index is -0.338. The Morgan fingerprint density at radius 3 is 2.14 bits per heavy atom. The molecule has 1 amide bonds. The highest BCUT2D eigenvalue weighted by Gasteiger charge is 2.32. The van der Waals surface area contributed by atoms with Crippen LogP contribution in [-0.2, 0) is 5.54 Å². The minimum absolute atomic E-state index is 0.0875. The average molecular weight is 281 g/mol. The van der Waals surface area contributed by atoms with Crippen molar-refractivity contribution in [2.45, 2.75) is 33.2 Å². The van der Waals surface area contributed by atoms with Crippen LogP contribution >= 0.6 is 0 Å². The molecule has 0 bridgehead atoms. The lowest BCUT2D eigenvalue weighted by Crippen LogP contribution is -2.45. The number of aryl methyl sites for hydroxylation is 1. The molecule has 0 N–H and O–H groups in total. The Labute approximate surface area is 127 Å². The number of hydrogen-bond donors (Lipinski definition) is 0. The Hall–Kier alpha value is -2.09. The maximum absolute atomic E-state index is 12.9. The molecular weight excluding hydrogens is 258 g/mol. The minimum Gasteiger partial charge on any atom is -0.330 e. The normalized spacial score (nSPS) is 11.2. The zero-order chi connectivity index (χ0) is 15.5. The van der Waals surface area contributed by atoms with Crippen LogP contribution in [0.5, 0.6) is 0 Å². The van der Waals surface area contributed by atoms with Crippen molar-refractivity contribution >= 4 is 5.91 Å². The highest BCUT2D eigenvalue weighted by molar-refractivity contribution is 5.96. The first kappa shape index (κ1) is 15.3. The van der Waals surface area contributed by atoms with Crippen LogP contribution in [0.3, 0.4) is 0 Å². The van der Waals surface area contributed by atoms with Crippen LogP contribution in [0.2, 0.25) is 0 Å². The summed E-state index contributed by atoms with van der Waals surface area (Å²) in [5.74, 6) is 0.0875. The fourth-order valence-electron chi connectivity index (χ4n) is 2.75. The summed E-state index contributed by atoms with van der Waals surface area (Å²) in [7, 11) is 0. The summed E-state index contributed by atoms with van der Waals surface area (Å²) >= 11 is 0. The molecule has 0 aromatic heterocycles. The number of carbonyl (C=O) groups is 1. The van der Waals surface area contributed by atoms with Crippen LogP contribution in [0.25, 0.3) is 0 Å². The number of carbonyl (C=O) groups excluding carboxylic acids is 1. The maximum Gasteiger partial charge on any atom is 0.254 e. The first-order valence-electron chi connectivity index (χ1n) is 7.41. The van der Waals surface area contributed by atoms with Gasteiger partial charge in [0.2, 0.25) is 0 Å². The van der Waals surface area contributed by atoms with Crippen LogP contribution in [0.15, 0.2) is 54.6 Å². The third-order valence-electron chi connectivity index (χ3n) is 4.09. The largest absolute Gasteiger partial charge is 0.330 e. The molecule has 2 nitrogen and oxygen atoms in total. The maximum atomic E-state index is 12.9. The van der Waals surface area contributed by atoms with Crippen LogP contribution in [-0.4, -0.2) is 17.4 Å². The van der Waals surface area contributed by atoms with Crippen molar-refractivity contribution in [2.24, 2.45) is 0 Å². The van der Waals surface area contributed by atoms with Gasteiger partial charge in [-0.3, -0.25) is 4.79 Å². The van der Waals surface area contributed by atoms with Crippen molar-refractivity contribution in [3.8, 4) is 0 Å². The zero-order valence-electron chi connectivity index (χ0n) is 13.3. The molecule has 2 aromatic carbocycles. The van der Waals surface area contributed by atoms with E-state index < -0.39 is 0 Å². The predicted octanol–water partition coefficient (Wildman–Crippen LogP) is 4.39. The molecule has 0 fully saturated rings. The van der Waals surface area contributed by atoms with Gasteiger partial charge in [-0.05, 0) is 44.9 Å². The first-order valence-corrected chi connectivity index (χ1v) is 7.41. The third kappa shape index (κ3) is 2.99. The second-order valence-electron chi connectivity index (χ2n) is 5.79. The van der Waals surface area contributed by atoms with Gasteiger partial charge >= 0.3 is 0 Å². The van der Waals surface area contributed by atoms with E-state index in [1.807, 2.05) is 61.2 Å². The summed E-state index contributed by atoms with van der Waals surface area (Å²) in [4.78, 5) is 14.9. The van der Waals surface area contributed by atoms with E-state index in [9.17, 15) is 4.79 Å². The molecule has 0 saturated heterocycles. The van der Waals surface area contributed by atoms with E-state index >= 15 is 0 Å². The number of amides is 1. The quantitative estimate of drug-likeness (QED) is 0.813. The molecule has 2 heteroatoms. The van der Waals surface area contributed by atoms with Gasteiger partial charge in [0.25, 0.3) is 5.91 Å². The van der Waals surface area contributed by atoms with Crippen LogP contribution in [0, 0.1) is 6.92 Å². The number of benzene rings is 2. The lowest BCUT2D eigenvalue weighted by atomic mass is 9.91. The third-order valence-corrected chi connectivity index (χ3v) is 4.09. The zero-order valence-corrected chi connectivity index (χ0v) is 13.3. The van der Waals surface area contributed by atoms with Gasteiger partial charge in [-0.25, -0.2) is 0 Å². The highest BCUT2D eigenvalue weighted by atomic mass is 16.2. The van der Waals surface area contributed by atoms with Gasteiger partial charge in [0, 0.05) is 12.1 Å². The summed E-state index contributed by atoms with van der Waals surface area (Å²) in [6.45, 7) is 8.89. The van der Waals surface area contributed by atoms with Gasteiger partial charge in [-0.15, -0.1) is 0 Å². The van der Waals surface area contributed by atoms with Crippen molar-refractivity contribution in [1.82, 2.24) is 4.90 Å². The Kier molecular flexibility index (Phi) is 4.46. The van der Waals surface area contributed by atoms with Gasteiger partial charge in [-0.1, -0.05) is 48.5 Å². The van der Waals surface area contributed by atoms with Crippen molar-refractivity contribution in [3.63, 3.8) is 0 Å². The second kappa shape index (κ2) is 6.13. The Balaban J connectivity index is 2.40. The lowest BCUT2D eigenvalue weighted by molar-refractivity contribution is 0.0558. The summed E-state index contributed by atoms with van der Waals surface area (Å²) in [5, 5.41) is 0. The van der Waals surface area contributed by atoms with Crippen molar-refractivity contribution in [3.05, 3.63) is 71.3 Å². The topological polar surface area (TPSA) is 20.3 Å². The molecule has 0 aliphatic carbocycles. The van der Waals surface area contributed by atoms with Crippen LogP contribution < -0.4 is 0 Å². The Morgan fingerprint density at radius 2 is 1.57 bits per heavy atom. The molecule has 0 aliphatic heterocycles. The molecule has 0 heterocycles. The average Bonchev–Trinajstić information content (AvgIpc) is 2.49. The van der Waals surface area contributed by atoms with Crippen molar-refractivity contribution in [2.75, 3.05) is 6.54 Å². The molecule has 0 spiro atoms. The highest BCUT2D eigenvalue weighted by Crippen LogP contribution is 2.29. The van der Waals surface area contributed by atoms with E-state index in [2.05, 4.69) is 26.0 Å². The molecule has 0 atom stereocenters. The van der Waals surface area contributed by atoms with Crippen LogP contribution in [0.1, 0.15) is 42.3 Å². The van der Waals surface area contributed by atoms with Crippen molar-refractivity contribution < 1.29 is 4.79 Å². The predicted molar refractivity (Wildman–Crippen MR) is 87.4 cm³/mol. The summed E-state index contributed by atoms with van der Waals surface area (Å²) < 4.78 is 0. The van der Waals surface area contributed by atoms with E-state index in [1.54, 1.807) is 0 Å². The molecule has 110 valence electrons. The van der Waals surface area contributed by atoms with E-state index in [0.29, 0.717) is 6.54 Å². The van der Waals surface area contributed by atoms with E-state index in [-0.39, 0.29) is 11.4 Å².